The monoisotopic (exact) mass is 253 g/mol. The molecule has 0 aromatic carbocycles. The molecule has 94 valence electrons. The Bertz CT molecular complexity index is 379. The van der Waals surface area contributed by atoms with Crippen LogP contribution in [0.1, 0.15) is 28.4 Å². The number of aromatic nitrogens is 1. The van der Waals surface area contributed by atoms with E-state index in [0.29, 0.717) is 13.1 Å². The van der Waals surface area contributed by atoms with Crippen LogP contribution in [0.4, 0.5) is 0 Å². The van der Waals surface area contributed by atoms with E-state index >= 15 is 0 Å². The summed E-state index contributed by atoms with van der Waals surface area (Å²) in [6, 6.07) is 0. The molecule has 2 rings (SSSR count). The Hall–Kier alpha value is -0.940. The summed E-state index contributed by atoms with van der Waals surface area (Å²) in [5.41, 5.74) is 1.27. The summed E-state index contributed by atoms with van der Waals surface area (Å²) in [6.45, 7) is 1.03. The van der Waals surface area contributed by atoms with Crippen LogP contribution in [0.15, 0.2) is 0 Å². The first-order valence-electron chi connectivity index (χ1n) is 6.06. The Morgan fingerprint density at radius 2 is 2.24 bits per heavy atom. The zero-order chi connectivity index (χ0) is 12.3. The number of nitrogens with one attached hydrogen (secondary N) is 1. The number of nitrogens with zero attached hydrogens (tertiary/aromatic N) is 2. The van der Waals surface area contributed by atoms with E-state index in [1.54, 1.807) is 23.3 Å². The van der Waals surface area contributed by atoms with Gasteiger partial charge < -0.3 is 10.2 Å². The average Bonchev–Trinajstić information content (AvgIpc) is 2.71. The summed E-state index contributed by atoms with van der Waals surface area (Å²) >= 11 is 1.77. The van der Waals surface area contributed by atoms with Gasteiger partial charge in [0.05, 0.1) is 18.8 Å². The van der Waals surface area contributed by atoms with E-state index < -0.39 is 0 Å². The van der Waals surface area contributed by atoms with Crippen molar-refractivity contribution in [2.24, 2.45) is 0 Å². The van der Waals surface area contributed by atoms with Crippen LogP contribution in [0.5, 0.6) is 0 Å². The molecule has 1 aliphatic carbocycles. The lowest BCUT2D eigenvalue weighted by Crippen LogP contribution is -2.33. The van der Waals surface area contributed by atoms with Gasteiger partial charge in [-0.15, -0.1) is 11.3 Å². The number of likely N-dealkylation sites (N-methyl/N-ethyl adjacent to an activating group) is 2. The molecule has 1 aromatic heterocycles. The number of hydrogen-bond acceptors (Lipinski definition) is 4. The van der Waals surface area contributed by atoms with Gasteiger partial charge >= 0.3 is 0 Å². The van der Waals surface area contributed by atoms with Gasteiger partial charge in [-0.25, -0.2) is 4.98 Å². The van der Waals surface area contributed by atoms with Crippen LogP contribution in [-0.2, 0) is 24.2 Å². The minimum atomic E-state index is 0.112. The molecule has 4 nitrogen and oxygen atoms in total. The van der Waals surface area contributed by atoms with Crippen LogP contribution >= 0.6 is 11.3 Å². The second-order valence-electron chi connectivity index (χ2n) is 4.46. The van der Waals surface area contributed by atoms with Crippen molar-refractivity contribution in [3.05, 3.63) is 15.6 Å². The molecule has 0 bridgehead atoms. The standard InChI is InChI=1S/C12H19N3OS/c1-13-7-12(16)15(2)8-11-14-9-5-3-4-6-10(9)17-11/h13H,3-8H2,1-2H3. The van der Waals surface area contributed by atoms with Crippen molar-refractivity contribution in [2.75, 3.05) is 20.6 Å². The molecule has 0 saturated carbocycles. The number of hydrogen-bond donors (Lipinski definition) is 1. The Labute approximate surface area is 106 Å². The van der Waals surface area contributed by atoms with Crippen LogP contribution in [-0.4, -0.2) is 36.4 Å². The normalized spacial score (nSPS) is 14.5. The van der Waals surface area contributed by atoms with Crippen LogP contribution in [0.3, 0.4) is 0 Å². The molecule has 0 aliphatic heterocycles. The Morgan fingerprint density at radius 3 is 2.94 bits per heavy atom. The molecular formula is C12H19N3OS. The highest BCUT2D eigenvalue weighted by Crippen LogP contribution is 2.27. The van der Waals surface area contributed by atoms with E-state index in [-0.39, 0.29) is 5.91 Å². The van der Waals surface area contributed by atoms with E-state index in [0.717, 1.165) is 11.4 Å². The lowest BCUT2D eigenvalue weighted by atomic mass is 10.0. The van der Waals surface area contributed by atoms with Crippen LogP contribution < -0.4 is 5.32 Å². The molecule has 0 radical (unpaired) electrons. The molecule has 0 atom stereocenters. The van der Waals surface area contributed by atoms with Crippen molar-refractivity contribution < 1.29 is 4.79 Å². The molecule has 1 heterocycles. The van der Waals surface area contributed by atoms with E-state index in [1.807, 2.05) is 7.05 Å². The maximum absolute atomic E-state index is 11.6. The van der Waals surface area contributed by atoms with Crippen molar-refractivity contribution in [2.45, 2.75) is 32.2 Å². The van der Waals surface area contributed by atoms with Gasteiger partial charge in [0.1, 0.15) is 5.01 Å². The molecular weight excluding hydrogens is 234 g/mol. The third-order valence-corrected chi connectivity index (χ3v) is 4.16. The predicted molar refractivity (Wildman–Crippen MR) is 69.2 cm³/mol. The highest BCUT2D eigenvalue weighted by atomic mass is 32.1. The number of amides is 1. The molecule has 1 aliphatic rings. The SMILES string of the molecule is CNCC(=O)N(C)Cc1nc2c(s1)CCCC2. The van der Waals surface area contributed by atoms with Gasteiger partial charge in [-0.2, -0.15) is 0 Å². The van der Waals surface area contributed by atoms with Crippen molar-refractivity contribution in [1.82, 2.24) is 15.2 Å². The van der Waals surface area contributed by atoms with E-state index in [2.05, 4.69) is 10.3 Å². The molecule has 5 heteroatoms. The van der Waals surface area contributed by atoms with Gasteiger partial charge in [-0.1, -0.05) is 0 Å². The van der Waals surface area contributed by atoms with Gasteiger partial charge in [-0.3, -0.25) is 4.79 Å². The quantitative estimate of drug-likeness (QED) is 0.877. The summed E-state index contributed by atoms with van der Waals surface area (Å²) in [5.74, 6) is 0.112. The molecule has 1 N–H and O–H groups in total. The third kappa shape index (κ3) is 3.04. The predicted octanol–water partition coefficient (Wildman–Crippen LogP) is 1.20. The minimum absolute atomic E-state index is 0.112. The van der Waals surface area contributed by atoms with Crippen molar-refractivity contribution >= 4 is 17.2 Å². The Balaban J connectivity index is 1.98. The van der Waals surface area contributed by atoms with Gasteiger partial charge in [0, 0.05) is 11.9 Å². The summed E-state index contributed by atoms with van der Waals surface area (Å²) < 4.78 is 0. The summed E-state index contributed by atoms with van der Waals surface area (Å²) in [7, 11) is 3.62. The lowest BCUT2D eigenvalue weighted by Gasteiger charge is -2.14. The maximum Gasteiger partial charge on any atom is 0.236 e. The summed E-state index contributed by atoms with van der Waals surface area (Å²) in [6.07, 6.45) is 4.81. The van der Waals surface area contributed by atoms with Crippen molar-refractivity contribution in [3.8, 4) is 0 Å². The number of fused-ring (bicyclic) bond motifs is 1. The van der Waals surface area contributed by atoms with E-state index in [4.69, 9.17) is 0 Å². The molecule has 0 saturated heterocycles. The minimum Gasteiger partial charge on any atom is -0.338 e. The second kappa shape index (κ2) is 5.60. The third-order valence-electron chi connectivity index (χ3n) is 3.02. The smallest absolute Gasteiger partial charge is 0.236 e. The fourth-order valence-corrected chi connectivity index (χ4v) is 3.26. The molecule has 0 fully saturated rings. The van der Waals surface area contributed by atoms with Gasteiger partial charge in [-0.05, 0) is 32.7 Å². The number of thiazole rings is 1. The fourth-order valence-electron chi connectivity index (χ4n) is 2.05. The molecule has 0 unspecified atom stereocenters. The van der Waals surface area contributed by atoms with Crippen molar-refractivity contribution in [3.63, 3.8) is 0 Å². The van der Waals surface area contributed by atoms with Crippen LogP contribution in [0, 0.1) is 0 Å². The molecule has 17 heavy (non-hydrogen) atoms. The maximum atomic E-state index is 11.6. The molecule has 1 aromatic rings. The molecule has 0 spiro atoms. The van der Waals surface area contributed by atoms with Gasteiger partial charge in [0.2, 0.25) is 5.91 Å². The van der Waals surface area contributed by atoms with Crippen LogP contribution in [0.25, 0.3) is 0 Å². The zero-order valence-corrected chi connectivity index (χ0v) is 11.3. The fraction of sp³-hybridized carbons (Fsp3) is 0.667. The Morgan fingerprint density at radius 1 is 1.47 bits per heavy atom. The largest absolute Gasteiger partial charge is 0.338 e. The number of rotatable bonds is 4. The van der Waals surface area contributed by atoms with Crippen molar-refractivity contribution in [1.29, 1.82) is 0 Å². The zero-order valence-electron chi connectivity index (χ0n) is 10.5. The first-order valence-corrected chi connectivity index (χ1v) is 6.88. The molecule has 1 amide bonds. The average molecular weight is 253 g/mol. The number of carbonyl (C=O) groups excluding carboxylic acids is 1. The second-order valence-corrected chi connectivity index (χ2v) is 5.63. The topological polar surface area (TPSA) is 45.2 Å². The number of aryl methyl sites for hydroxylation is 2. The van der Waals surface area contributed by atoms with Gasteiger partial charge in [0.15, 0.2) is 0 Å². The highest BCUT2D eigenvalue weighted by Gasteiger charge is 2.17. The Kier molecular flexibility index (Phi) is 4.12. The van der Waals surface area contributed by atoms with Gasteiger partial charge in [0.25, 0.3) is 0 Å². The summed E-state index contributed by atoms with van der Waals surface area (Å²) in [5, 5.41) is 3.95. The van der Waals surface area contributed by atoms with E-state index in [1.165, 1.54) is 29.8 Å². The first-order chi connectivity index (χ1) is 8.20. The first kappa shape index (κ1) is 12.5. The number of carbonyl (C=O) groups is 1. The lowest BCUT2D eigenvalue weighted by molar-refractivity contribution is -0.129. The summed E-state index contributed by atoms with van der Waals surface area (Å²) in [4.78, 5) is 19.4. The highest BCUT2D eigenvalue weighted by molar-refractivity contribution is 7.11. The van der Waals surface area contributed by atoms with Crippen LogP contribution in [0.2, 0.25) is 0 Å². The van der Waals surface area contributed by atoms with E-state index in [9.17, 15) is 4.79 Å².